The maximum atomic E-state index is 11.4. The molecule has 0 radical (unpaired) electrons. The highest BCUT2D eigenvalue weighted by molar-refractivity contribution is 7.99. The summed E-state index contributed by atoms with van der Waals surface area (Å²) in [4.78, 5) is 12.6. The molecule has 0 saturated carbocycles. The van der Waals surface area contributed by atoms with Crippen molar-refractivity contribution >= 4 is 17.7 Å². The minimum atomic E-state index is -0.760. The van der Waals surface area contributed by atoms with Crippen LogP contribution in [0.15, 0.2) is 45.7 Å². The van der Waals surface area contributed by atoms with Gasteiger partial charge in [-0.2, -0.15) is 0 Å². The van der Waals surface area contributed by atoms with Crippen molar-refractivity contribution in [3.05, 3.63) is 53.5 Å². The highest BCUT2D eigenvalue weighted by atomic mass is 32.2. The van der Waals surface area contributed by atoms with Gasteiger partial charge in [-0.25, -0.2) is 4.79 Å². The first-order valence-corrected chi connectivity index (χ1v) is 7.27. The van der Waals surface area contributed by atoms with E-state index in [9.17, 15) is 9.90 Å². The molecular weight excluding hydrogens is 276 g/mol. The largest absolute Gasteiger partial charge is 0.463 e. The average Bonchev–Trinajstić information content (AvgIpc) is 3.12. The Labute approximate surface area is 120 Å². The van der Waals surface area contributed by atoms with Crippen molar-refractivity contribution in [2.24, 2.45) is 0 Å². The molecule has 1 aliphatic heterocycles. The molecule has 0 aliphatic carbocycles. The molecule has 1 N–H and O–H groups in total. The zero-order valence-electron chi connectivity index (χ0n) is 10.9. The smallest absolute Gasteiger partial charge is 0.373 e. The fourth-order valence-corrected chi connectivity index (χ4v) is 3.65. The third-order valence-electron chi connectivity index (χ3n) is 3.42. The van der Waals surface area contributed by atoms with Crippen molar-refractivity contribution in [3.63, 3.8) is 0 Å². The maximum Gasteiger partial charge on any atom is 0.373 e. The van der Waals surface area contributed by atoms with Gasteiger partial charge in [-0.15, -0.1) is 11.8 Å². The normalized spacial score (nSPS) is 18.6. The Morgan fingerprint density at radius 3 is 3.00 bits per heavy atom. The Kier molecular flexibility index (Phi) is 3.54. The number of rotatable bonds is 3. The number of furan rings is 1. The molecule has 0 saturated heterocycles. The Hall–Kier alpha value is -1.72. The fourth-order valence-electron chi connectivity index (χ4n) is 2.37. The van der Waals surface area contributed by atoms with Crippen LogP contribution in [0.25, 0.3) is 0 Å². The third-order valence-corrected chi connectivity index (χ3v) is 4.63. The van der Waals surface area contributed by atoms with Crippen molar-refractivity contribution in [1.82, 2.24) is 0 Å². The molecule has 20 heavy (non-hydrogen) atoms. The summed E-state index contributed by atoms with van der Waals surface area (Å²) in [5.41, 5.74) is 1.13. The van der Waals surface area contributed by atoms with E-state index < -0.39 is 12.1 Å². The molecular formula is C15H14O4S. The van der Waals surface area contributed by atoms with E-state index in [0.29, 0.717) is 5.76 Å². The number of aliphatic hydroxyl groups excluding tert-OH is 1. The average molecular weight is 290 g/mol. The van der Waals surface area contributed by atoms with Gasteiger partial charge >= 0.3 is 5.97 Å². The lowest BCUT2D eigenvalue weighted by Crippen LogP contribution is -2.09. The molecule has 2 heterocycles. The second-order valence-corrected chi connectivity index (χ2v) is 5.66. The van der Waals surface area contributed by atoms with Gasteiger partial charge in [0.2, 0.25) is 5.76 Å². The van der Waals surface area contributed by atoms with Crippen LogP contribution in [0, 0.1) is 0 Å². The van der Waals surface area contributed by atoms with Gasteiger partial charge in [0.15, 0.2) is 0 Å². The lowest BCUT2D eigenvalue weighted by molar-refractivity contribution is 0.0551. The Balaban J connectivity index is 1.85. The van der Waals surface area contributed by atoms with E-state index in [1.165, 1.54) is 18.1 Å². The molecule has 1 aromatic carbocycles. The van der Waals surface area contributed by atoms with Gasteiger partial charge in [-0.05, 0) is 23.8 Å². The van der Waals surface area contributed by atoms with E-state index in [4.69, 9.17) is 4.42 Å². The van der Waals surface area contributed by atoms with Crippen LogP contribution in [-0.2, 0) is 4.74 Å². The molecule has 3 rings (SSSR count). The van der Waals surface area contributed by atoms with Gasteiger partial charge in [-0.1, -0.05) is 18.2 Å². The number of thioether (sulfide) groups is 1. The number of carbonyl (C=O) groups excluding carboxylic acids is 1. The summed E-state index contributed by atoms with van der Waals surface area (Å²) in [6, 6.07) is 11.2. The number of methoxy groups -OCH3 is 1. The van der Waals surface area contributed by atoms with Crippen LogP contribution in [0.5, 0.6) is 0 Å². The topological polar surface area (TPSA) is 59.7 Å². The molecule has 2 aromatic rings. The van der Waals surface area contributed by atoms with Gasteiger partial charge in [0.25, 0.3) is 0 Å². The molecule has 0 spiro atoms. The highest BCUT2D eigenvalue weighted by Gasteiger charge is 2.32. The van der Waals surface area contributed by atoms with Gasteiger partial charge in [0.1, 0.15) is 11.9 Å². The first-order valence-electron chi connectivity index (χ1n) is 6.28. The number of aliphatic hydroxyl groups is 1. The SMILES string of the molecule is COC(=O)c1ccc(C(O)C2CSc3ccccc32)o1. The Bertz CT molecular complexity index is 634. The number of hydrogen-bond acceptors (Lipinski definition) is 5. The molecule has 0 fully saturated rings. The minimum Gasteiger partial charge on any atom is -0.463 e. The molecule has 1 aliphatic rings. The van der Waals surface area contributed by atoms with Crippen molar-refractivity contribution in [2.75, 3.05) is 12.9 Å². The van der Waals surface area contributed by atoms with Crippen LogP contribution in [0.3, 0.4) is 0 Å². The second kappa shape index (κ2) is 5.34. The number of hydrogen-bond donors (Lipinski definition) is 1. The van der Waals surface area contributed by atoms with Gasteiger partial charge < -0.3 is 14.3 Å². The summed E-state index contributed by atoms with van der Waals surface area (Å²) in [6.45, 7) is 0. The van der Waals surface area contributed by atoms with E-state index in [1.54, 1.807) is 17.8 Å². The molecule has 2 unspecified atom stereocenters. The first kappa shape index (κ1) is 13.3. The Morgan fingerprint density at radius 1 is 1.40 bits per heavy atom. The zero-order valence-corrected chi connectivity index (χ0v) is 11.7. The molecule has 104 valence electrons. The van der Waals surface area contributed by atoms with Gasteiger partial charge in [0, 0.05) is 16.6 Å². The Morgan fingerprint density at radius 2 is 2.20 bits per heavy atom. The summed E-state index contributed by atoms with van der Waals surface area (Å²) < 4.78 is 9.98. The quantitative estimate of drug-likeness (QED) is 0.881. The van der Waals surface area contributed by atoms with Crippen molar-refractivity contribution in [2.45, 2.75) is 16.9 Å². The standard InChI is InChI=1S/C15H14O4S/c1-18-15(17)12-7-6-11(19-12)14(16)10-8-20-13-5-3-2-4-9(10)13/h2-7,10,14,16H,8H2,1H3. The molecule has 4 nitrogen and oxygen atoms in total. The molecule has 0 bridgehead atoms. The highest BCUT2D eigenvalue weighted by Crippen LogP contribution is 2.45. The first-order chi connectivity index (χ1) is 9.70. The van der Waals surface area contributed by atoms with Crippen LogP contribution in [0.4, 0.5) is 0 Å². The van der Waals surface area contributed by atoms with Gasteiger partial charge in [0.05, 0.1) is 7.11 Å². The molecule has 1 aromatic heterocycles. The van der Waals surface area contributed by atoms with E-state index in [2.05, 4.69) is 10.8 Å². The van der Waals surface area contributed by atoms with Gasteiger partial charge in [-0.3, -0.25) is 0 Å². The van der Waals surface area contributed by atoms with Crippen LogP contribution in [0.2, 0.25) is 0 Å². The van der Waals surface area contributed by atoms with Crippen molar-refractivity contribution in [1.29, 1.82) is 0 Å². The van der Waals surface area contributed by atoms with Crippen LogP contribution in [-0.4, -0.2) is 23.9 Å². The van der Waals surface area contributed by atoms with E-state index in [-0.39, 0.29) is 11.7 Å². The summed E-state index contributed by atoms with van der Waals surface area (Å²) in [5.74, 6) is 0.750. The fraction of sp³-hybridized carbons (Fsp3) is 0.267. The number of ether oxygens (including phenoxy) is 1. The summed E-state index contributed by atoms with van der Waals surface area (Å²) >= 11 is 1.72. The number of fused-ring (bicyclic) bond motifs is 1. The minimum absolute atomic E-state index is 0.0205. The summed E-state index contributed by atoms with van der Waals surface area (Å²) in [6.07, 6.45) is -0.760. The molecule has 2 atom stereocenters. The van der Waals surface area contributed by atoms with E-state index in [0.717, 1.165) is 11.3 Å². The number of benzene rings is 1. The molecule has 5 heteroatoms. The van der Waals surface area contributed by atoms with Crippen molar-refractivity contribution in [3.8, 4) is 0 Å². The number of carbonyl (C=O) groups is 1. The number of esters is 1. The maximum absolute atomic E-state index is 11.4. The predicted octanol–water partition coefficient (Wildman–Crippen LogP) is 2.99. The zero-order chi connectivity index (χ0) is 14.1. The molecule has 0 amide bonds. The third kappa shape index (κ3) is 2.23. The van der Waals surface area contributed by atoms with Crippen LogP contribution >= 0.6 is 11.8 Å². The predicted molar refractivity (Wildman–Crippen MR) is 74.9 cm³/mol. The monoisotopic (exact) mass is 290 g/mol. The van der Waals surface area contributed by atoms with Crippen LogP contribution < -0.4 is 0 Å². The summed E-state index contributed by atoms with van der Waals surface area (Å²) in [7, 11) is 1.30. The second-order valence-electron chi connectivity index (χ2n) is 4.59. The lowest BCUT2D eigenvalue weighted by atomic mass is 9.94. The van der Waals surface area contributed by atoms with E-state index in [1.807, 2.05) is 18.2 Å². The van der Waals surface area contributed by atoms with Crippen molar-refractivity contribution < 1.29 is 19.1 Å². The van der Waals surface area contributed by atoms with E-state index >= 15 is 0 Å². The summed E-state index contributed by atoms with van der Waals surface area (Å²) in [5, 5.41) is 10.5. The lowest BCUT2D eigenvalue weighted by Gasteiger charge is -2.16. The van der Waals surface area contributed by atoms with Crippen LogP contribution in [0.1, 0.15) is 33.9 Å².